The van der Waals surface area contributed by atoms with Crippen molar-refractivity contribution in [2.45, 2.75) is 45.4 Å². The van der Waals surface area contributed by atoms with Crippen LogP contribution in [-0.2, 0) is 11.4 Å². The number of carbonyl (C=O) groups is 1. The molecule has 6 nitrogen and oxygen atoms in total. The molecule has 5 N–H and O–H groups in total. The zero-order valence-electron chi connectivity index (χ0n) is 17.8. The fourth-order valence-corrected chi connectivity index (χ4v) is 2.66. The fourth-order valence-electron chi connectivity index (χ4n) is 2.66. The highest BCUT2D eigenvalue weighted by atomic mass is 16.3. The molecule has 1 atom stereocenters. The maximum atomic E-state index is 10.4. The number of aldehydes is 1. The number of nitrogens with two attached hydrogens (primary N) is 1. The number of rotatable bonds is 7. The third kappa shape index (κ3) is 13.4. The first kappa shape index (κ1) is 26.6. The van der Waals surface area contributed by atoms with E-state index in [-0.39, 0.29) is 12.7 Å². The van der Waals surface area contributed by atoms with E-state index in [1.165, 1.54) is 6.08 Å². The van der Waals surface area contributed by atoms with Crippen LogP contribution in [0.4, 0.5) is 5.69 Å². The number of hydrogen-bond donors (Lipinski definition) is 4. The van der Waals surface area contributed by atoms with Crippen LogP contribution in [0.3, 0.4) is 0 Å². The second kappa shape index (κ2) is 16.5. The maximum absolute atomic E-state index is 10.4. The van der Waals surface area contributed by atoms with Crippen molar-refractivity contribution in [3.8, 4) is 0 Å². The Morgan fingerprint density at radius 2 is 1.97 bits per heavy atom. The Kier molecular flexibility index (Phi) is 15.2. The quantitative estimate of drug-likeness (QED) is 0.317. The van der Waals surface area contributed by atoms with Gasteiger partial charge in [0.25, 0.3) is 0 Å². The Morgan fingerprint density at radius 3 is 2.38 bits per heavy atom. The Hall–Kier alpha value is -2.41. The van der Waals surface area contributed by atoms with E-state index in [0.29, 0.717) is 18.3 Å². The SMILES string of the molecule is C/C=C/C(C)O.C=CC(=C)N.O=CCN1CCC(Nc2ccccc2CO)CC1. The minimum absolute atomic E-state index is 0.0627. The van der Waals surface area contributed by atoms with Crippen LogP contribution in [0.5, 0.6) is 0 Å². The van der Waals surface area contributed by atoms with Crippen molar-refractivity contribution in [1.82, 2.24) is 4.90 Å². The summed E-state index contributed by atoms with van der Waals surface area (Å²) in [6, 6.07) is 8.28. The van der Waals surface area contributed by atoms with E-state index in [9.17, 15) is 9.90 Å². The van der Waals surface area contributed by atoms with E-state index in [1.54, 1.807) is 13.0 Å². The molecule has 1 saturated heterocycles. The number of likely N-dealkylation sites (tertiary alicyclic amines) is 1. The molecule has 1 aliphatic rings. The minimum atomic E-state index is -0.282. The van der Waals surface area contributed by atoms with Crippen LogP contribution in [0.15, 0.2) is 61.3 Å². The second-order valence-corrected chi connectivity index (χ2v) is 6.75. The molecule has 6 heteroatoms. The Balaban J connectivity index is 0.000000591. The van der Waals surface area contributed by atoms with E-state index < -0.39 is 0 Å². The van der Waals surface area contributed by atoms with Gasteiger partial charge < -0.3 is 26.1 Å². The molecule has 0 aromatic heterocycles. The lowest BCUT2D eigenvalue weighted by Crippen LogP contribution is -2.39. The molecule has 0 radical (unpaired) electrons. The molecule has 0 saturated carbocycles. The minimum Gasteiger partial charge on any atom is -0.399 e. The number of allylic oxidation sites excluding steroid dienone is 2. The number of nitrogens with one attached hydrogen (secondary N) is 1. The topological polar surface area (TPSA) is 98.8 Å². The first-order chi connectivity index (χ1) is 13.9. The number of aliphatic hydroxyl groups excluding tert-OH is 2. The molecule has 162 valence electrons. The van der Waals surface area contributed by atoms with Gasteiger partial charge in [0.1, 0.15) is 6.29 Å². The standard InChI is InChI=1S/C14H20N2O2.C5H10O.C4H7N/c17-10-9-16-7-5-13(6-8-16)15-14-4-2-1-3-12(14)11-18;1-3-4-5(2)6;1-3-4(2)5/h1-4,10,13,15,18H,5-9,11H2;3-6H,1-2H3;3H,1-2,5H2/b;4-3+;. The van der Waals surface area contributed by atoms with Crippen molar-refractivity contribution in [3.05, 3.63) is 66.9 Å². The average Bonchev–Trinajstić information content (AvgIpc) is 2.71. The molecule has 1 aromatic rings. The Bertz CT molecular complexity index is 622. The van der Waals surface area contributed by atoms with E-state index in [4.69, 9.17) is 10.8 Å². The Labute approximate surface area is 175 Å². The molecule has 1 unspecified atom stereocenters. The summed E-state index contributed by atoms with van der Waals surface area (Å²) < 4.78 is 0. The summed E-state index contributed by atoms with van der Waals surface area (Å²) in [6.45, 7) is 12.8. The van der Waals surface area contributed by atoms with Crippen molar-refractivity contribution in [3.63, 3.8) is 0 Å². The van der Waals surface area contributed by atoms with Crippen molar-refractivity contribution in [2.75, 3.05) is 25.0 Å². The van der Waals surface area contributed by atoms with Crippen molar-refractivity contribution in [1.29, 1.82) is 0 Å². The molecule has 29 heavy (non-hydrogen) atoms. The van der Waals surface area contributed by atoms with Crippen molar-refractivity contribution >= 4 is 12.0 Å². The number of anilines is 1. The number of para-hydroxylation sites is 1. The number of benzene rings is 1. The number of nitrogens with zero attached hydrogens (tertiary/aromatic N) is 1. The number of hydrogen-bond acceptors (Lipinski definition) is 6. The van der Waals surface area contributed by atoms with Gasteiger partial charge in [-0.1, -0.05) is 43.5 Å². The van der Waals surface area contributed by atoms with Crippen molar-refractivity contribution in [2.24, 2.45) is 5.73 Å². The van der Waals surface area contributed by atoms with Crippen LogP contribution in [0.25, 0.3) is 0 Å². The molecule has 2 rings (SSSR count). The number of piperidine rings is 1. The predicted octanol–water partition coefficient (Wildman–Crippen LogP) is 2.84. The van der Waals surface area contributed by atoms with Gasteiger partial charge in [0.05, 0.1) is 19.3 Å². The molecular weight excluding hydrogens is 366 g/mol. The highest BCUT2D eigenvalue weighted by molar-refractivity contribution is 5.52. The molecule has 0 bridgehead atoms. The van der Waals surface area contributed by atoms with E-state index >= 15 is 0 Å². The highest BCUT2D eigenvalue weighted by Gasteiger charge is 2.18. The summed E-state index contributed by atoms with van der Waals surface area (Å²) in [6.07, 6.45) is 7.80. The lowest BCUT2D eigenvalue weighted by atomic mass is 10.0. The third-order valence-electron chi connectivity index (χ3n) is 4.20. The molecular formula is C23H37N3O3. The van der Waals surface area contributed by atoms with Crippen LogP contribution >= 0.6 is 0 Å². The van der Waals surface area contributed by atoms with Gasteiger partial charge >= 0.3 is 0 Å². The highest BCUT2D eigenvalue weighted by Crippen LogP contribution is 2.20. The van der Waals surface area contributed by atoms with Gasteiger partial charge in [-0.15, -0.1) is 0 Å². The summed E-state index contributed by atoms with van der Waals surface area (Å²) in [5, 5.41) is 21.2. The molecule has 1 fully saturated rings. The van der Waals surface area contributed by atoms with Crippen LogP contribution in [-0.4, -0.2) is 53.2 Å². The van der Waals surface area contributed by atoms with Gasteiger partial charge in [0, 0.05) is 36.1 Å². The largest absolute Gasteiger partial charge is 0.399 e. The van der Waals surface area contributed by atoms with E-state index in [1.807, 2.05) is 37.3 Å². The van der Waals surface area contributed by atoms with E-state index in [0.717, 1.165) is 43.5 Å². The summed E-state index contributed by atoms with van der Waals surface area (Å²) in [7, 11) is 0. The smallest absolute Gasteiger partial charge is 0.133 e. The van der Waals surface area contributed by atoms with Gasteiger partial charge in [0.15, 0.2) is 0 Å². The molecule has 0 spiro atoms. The molecule has 1 heterocycles. The summed E-state index contributed by atoms with van der Waals surface area (Å²) in [5.41, 5.74) is 7.46. The van der Waals surface area contributed by atoms with Gasteiger partial charge in [-0.05, 0) is 38.8 Å². The Morgan fingerprint density at radius 1 is 1.38 bits per heavy atom. The zero-order chi connectivity index (χ0) is 22.1. The van der Waals surface area contributed by atoms with Gasteiger partial charge in [0.2, 0.25) is 0 Å². The van der Waals surface area contributed by atoms with Gasteiger partial charge in [-0.25, -0.2) is 0 Å². The van der Waals surface area contributed by atoms with Crippen LogP contribution in [0, 0.1) is 0 Å². The van der Waals surface area contributed by atoms with Crippen LogP contribution < -0.4 is 11.1 Å². The summed E-state index contributed by atoms with van der Waals surface area (Å²) in [4.78, 5) is 12.6. The van der Waals surface area contributed by atoms with Gasteiger partial charge in [-0.3, -0.25) is 4.90 Å². The monoisotopic (exact) mass is 403 g/mol. The zero-order valence-corrected chi connectivity index (χ0v) is 17.8. The second-order valence-electron chi connectivity index (χ2n) is 6.75. The van der Waals surface area contributed by atoms with Crippen LogP contribution in [0.1, 0.15) is 32.3 Å². The predicted molar refractivity (Wildman–Crippen MR) is 122 cm³/mol. The molecule has 0 amide bonds. The summed E-state index contributed by atoms with van der Waals surface area (Å²) in [5.74, 6) is 0. The number of carbonyl (C=O) groups excluding carboxylic acids is 1. The fraction of sp³-hybridized carbons (Fsp3) is 0.435. The van der Waals surface area contributed by atoms with Crippen LogP contribution in [0.2, 0.25) is 0 Å². The van der Waals surface area contributed by atoms with Gasteiger partial charge in [-0.2, -0.15) is 0 Å². The molecule has 1 aromatic carbocycles. The van der Waals surface area contributed by atoms with Crippen molar-refractivity contribution < 1.29 is 15.0 Å². The number of aliphatic hydroxyl groups is 2. The third-order valence-corrected chi connectivity index (χ3v) is 4.20. The first-order valence-corrected chi connectivity index (χ1v) is 9.86. The van der Waals surface area contributed by atoms with E-state index in [2.05, 4.69) is 23.4 Å². The lowest BCUT2D eigenvalue weighted by Gasteiger charge is -2.32. The summed E-state index contributed by atoms with van der Waals surface area (Å²) >= 11 is 0. The maximum Gasteiger partial charge on any atom is 0.133 e. The molecule has 1 aliphatic heterocycles. The normalized spacial score (nSPS) is 15.3. The molecule has 0 aliphatic carbocycles. The first-order valence-electron chi connectivity index (χ1n) is 9.86. The lowest BCUT2D eigenvalue weighted by molar-refractivity contribution is -0.109. The average molecular weight is 404 g/mol.